The number of rotatable bonds is 19. The Hall–Kier alpha value is -4.71. The van der Waals surface area contributed by atoms with Gasteiger partial charge in [-0.25, -0.2) is 9.78 Å². The first kappa shape index (κ1) is 43.0. The van der Waals surface area contributed by atoms with Crippen LogP contribution in [0.15, 0.2) is 73.2 Å². The molecule has 1 saturated carbocycles. The van der Waals surface area contributed by atoms with Crippen LogP contribution < -0.4 is 21.3 Å². The Morgan fingerprint density at radius 3 is 2.04 bits per heavy atom. The largest absolute Gasteiger partial charge is 0.444 e. The second kappa shape index (κ2) is 21.4. The van der Waals surface area contributed by atoms with Crippen LogP contribution in [0.1, 0.15) is 103 Å². The quantitative estimate of drug-likeness (QED) is 0.0902. The summed E-state index contributed by atoms with van der Waals surface area (Å²) in [5, 5.41) is 23.7. The molecule has 3 aromatic rings. The van der Waals surface area contributed by atoms with E-state index < -0.39 is 53.7 Å². The summed E-state index contributed by atoms with van der Waals surface area (Å²) >= 11 is 0. The summed E-state index contributed by atoms with van der Waals surface area (Å²) in [5.74, 6) is -1.14. The molecule has 1 fully saturated rings. The van der Waals surface area contributed by atoms with E-state index in [4.69, 9.17) is 4.74 Å². The number of carbonyl (C=O) groups excluding carboxylic acids is 4. The fourth-order valence-electron chi connectivity index (χ4n) is 7.25. The Balaban J connectivity index is 1.55. The van der Waals surface area contributed by atoms with Gasteiger partial charge in [0.05, 0.1) is 18.5 Å². The van der Waals surface area contributed by atoms with Crippen molar-refractivity contribution >= 4 is 23.8 Å². The van der Waals surface area contributed by atoms with Gasteiger partial charge < -0.3 is 36.1 Å². The van der Waals surface area contributed by atoms with E-state index in [-0.39, 0.29) is 31.1 Å². The Bertz CT molecular complexity index is 1610. The normalized spacial score (nSPS) is 16.3. The minimum Gasteiger partial charge on any atom is -0.444 e. The van der Waals surface area contributed by atoms with E-state index in [1.54, 1.807) is 27.0 Å². The van der Waals surface area contributed by atoms with Crippen molar-refractivity contribution in [1.82, 2.24) is 31.2 Å². The van der Waals surface area contributed by atoms with Crippen LogP contribution in [0.3, 0.4) is 0 Å². The maximum atomic E-state index is 14.3. The number of imidazole rings is 1. The third kappa shape index (κ3) is 15.5. The molecule has 1 heterocycles. The van der Waals surface area contributed by atoms with Gasteiger partial charge in [0.2, 0.25) is 17.7 Å². The summed E-state index contributed by atoms with van der Waals surface area (Å²) in [5.41, 5.74) is 1.63. The number of nitrogens with one attached hydrogen (secondary N) is 5. The smallest absolute Gasteiger partial charge is 0.408 e. The second-order valence-corrected chi connectivity index (χ2v) is 16.4. The molecule has 2 unspecified atom stereocenters. The zero-order valence-corrected chi connectivity index (χ0v) is 33.2. The van der Waals surface area contributed by atoms with Crippen molar-refractivity contribution in [3.63, 3.8) is 0 Å². The molecular formula is C43H62N6O6. The molecule has 4 rings (SSSR count). The summed E-state index contributed by atoms with van der Waals surface area (Å²) in [6, 6.07) is 16.2. The standard InChI is InChI=1S/C43H62N6O6/c1-29(2)21-33(39(51)45-26-32-19-13-8-14-20-32)24-38(50)35(22-30-15-9-6-10-16-30)47-41(53)37(25-34-27-44-28-46-34)48-40(52)36(23-31-17-11-7-12-18-31)49-42(54)55-43(3,4)5/h7-8,11-14,17-20,27-30,33,35-38,50H,6,9-10,15-16,21-26H2,1-5H3,(H,44,46)(H,45,51)(H,47,53)(H,48,52)(H,49,54)/t33?,35-,36-,37-,38?/m0/s1. The molecule has 1 aliphatic carbocycles. The van der Waals surface area contributed by atoms with Gasteiger partial charge in [0.1, 0.15) is 17.7 Å². The van der Waals surface area contributed by atoms with E-state index >= 15 is 0 Å². The molecular weight excluding hydrogens is 697 g/mol. The van der Waals surface area contributed by atoms with Crippen molar-refractivity contribution in [2.45, 2.75) is 135 Å². The highest BCUT2D eigenvalue weighted by atomic mass is 16.6. The maximum absolute atomic E-state index is 14.3. The lowest BCUT2D eigenvalue weighted by molar-refractivity contribution is -0.131. The van der Waals surface area contributed by atoms with Gasteiger partial charge in [-0.15, -0.1) is 0 Å². The zero-order chi connectivity index (χ0) is 39.8. The van der Waals surface area contributed by atoms with Crippen molar-refractivity contribution in [3.8, 4) is 0 Å². The van der Waals surface area contributed by atoms with Crippen molar-refractivity contribution < 1.29 is 29.0 Å². The average molecular weight is 759 g/mol. The fourth-order valence-corrected chi connectivity index (χ4v) is 7.25. The summed E-state index contributed by atoms with van der Waals surface area (Å²) in [7, 11) is 0. The van der Waals surface area contributed by atoms with Crippen molar-refractivity contribution in [1.29, 1.82) is 0 Å². The van der Waals surface area contributed by atoms with Gasteiger partial charge in [0.15, 0.2) is 0 Å². The predicted molar refractivity (Wildman–Crippen MR) is 213 cm³/mol. The minimum atomic E-state index is -1.08. The topological polar surface area (TPSA) is 175 Å². The number of amides is 4. The zero-order valence-electron chi connectivity index (χ0n) is 33.2. The molecule has 300 valence electrons. The van der Waals surface area contributed by atoms with Gasteiger partial charge in [-0.1, -0.05) is 107 Å². The van der Waals surface area contributed by atoms with E-state index in [0.29, 0.717) is 31.0 Å². The molecule has 0 spiro atoms. The summed E-state index contributed by atoms with van der Waals surface area (Å²) in [6.07, 6.45) is 8.21. The van der Waals surface area contributed by atoms with Crippen molar-refractivity contribution in [3.05, 3.63) is 90.0 Å². The van der Waals surface area contributed by atoms with Crippen LogP contribution in [-0.4, -0.2) is 68.7 Å². The predicted octanol–water partition coefficient (Wildman–Crippen LogP) is 5.76. The number of alkyl carbamates (subject to hydrolysis) is 1. The van der Waals surface area contributed by atoms with Crippen LogP contribution in [-0.2, 0) is 38.5 Å². The summed E-state index contributed by atoms with van der Waals surface area (Å²) in [4.78, 5) is 62.0. The highest BCUT2D eigenvalue weighted by Crippen LogP contribution is 2.30. The Morgan fingerprint density at radius 2 is 1.44 bits per heavy atom. The van der Waals surface area contributed by atoms with Gasteiger partial charge in [0.25, 0.3) is 0 Å². The molecule has 0 saturated heterocycles. The lowest BCUT2D eigenvalue weighted by Gasteiger charge is -2.33. The van der Waals surface area contributed by atoms with Crippen LogP contribution in [0.4, 0.5) is 4.79 Å². The molecule has 1 aromatic heterocycles. The third-order valence-corrected chi connectivity index (χ3v) is 9.97. The first-order chi connectivity index (χ1) is 26.3. The molecule has 0 aliphatic heterocycles. The van der Waals surface area contributed by atoms with Crippen LogP contribution in [0.5, 0.6) is 0 Å². The lowest BCUT2D eigenvalue weighted by atomic mass is 9.81. The molecule has 6 N–H and O–H groups in total. The number of hydrogen-bond acceptors (Lipinski definition) is 7. The highest BCUT2D eigenvalue weighted by molar-refractivity contribution is 5.91. The molecule has 12 nitrogen and oxygen atoms in total. The van der Waals surface area contributed by atoms with Gasteiger partial charge in [-0.05, 0) is 63.0 Å². The molecule has 2 aromatic carbocycles. The number of aromatic amines is 1. The molecule has 5 atom stereocenters. The van der Waals surface area contributed by atoms with Crippen LogP contribution in [0, 0.1) is 17.8 Å². The van der Waals surface area contributed by atoms with E-state index in [1.807, 2.05) is 60.7 Å². The Labute approximate surface area is 326 Å². The maximum Gasteiger partial charge on any atom is 0.408 e. The van der Waals surface area contributed by atoms with E-state index in [1.165, 1.54) is 6.33 Å². The lowest BCUT2D eigenvalue weighted by Crippen LogP contribution is -2.58. The Kier molecular flexibility index (Phi) is 16.7. The minimum absolute atomic E-state index is 0.0895. The van der Waals surface area contributed by atoms with Gasteiger partial charge >= 0.3 is 6.09 Å². The fraction of sp³-hybridized carbons (Fsp3) is 0.558. The number of aliphatic hydroxyl groups excluding tert-OH is 1. The molecule has 0 bridgehead atoms. The number of aromatic nitrogens is 2. The number of H-pyrrole nitrogens is 1. The molecule has 1 aliphatic rings. The number of carbonyl (C=O) groups is 4. The molecule has 0 radical (unpaired) electrons. The summed E-state index contributed by atoms with van der Waals surface area (Å²) in [6.45, 7) is 9.71. The van der Waals surface area contributed by atoms with Crippen LogP contribution in [0.25, 0.3) is 0 Å². The van der Waals surface area contributed by atoms with Gasteiger partial charge in [0, 0.05) is 37.2 Å². The van der Waals surface area contributed by atoms with Crippen molar-refractivity contribution in [2.75, 3.05) is 0 Å². The number of ether oxygens (including phenoxy) is 1. The number of aliphatic hydroxyl groups is 1. The number of nitrogens with zero attached hydrogens (tertiary/aromatic N) is 1. The Morgan fingerprint density at radius 1 is 0.818 bits per heavy atom. The molecule has 12 heteroatoms. The monoisotopic (exact) mass is 758 g/mol. The number of benzene rings is 2. The highest BCUT2D eigenvalue weighted by Gasteiger charge is 2.34. The van der Waals surface area contributed by atoms with E-state index in [2.05, 4.69) is 45.1 Å². The van der Waals surface area contributed by atoms with Crippen molar-refractivity contribution in [2.24, 2.45) is 17.8 Å². The van der Waals surface area contributed by atoms with Crippen LogP contribution in [0.2, 0.25) is 0 Å². The SMILES string of the molecule is CC(C)CC(CC(O)[C@H](CC1CCCCC1)NC(=O)[C@H](Cc1cnc[nH]1)NC(=O)[C@H](Cc1ccccc1)NC(=O)OC(C)(C)C)C(=O)NCc1ccccc1. The third-order valence-electron chi connectivity index (χ3n) is 9.97. The average Bonchev–Trinajstić information content (AvgIpc) is 3.66. The van der Waals surface area contributed by atoms with Gasteiger partial charge in [-0.2, -0.15) is 0 Å². The first-order valence-electron chi connectivity index (χ1n) is 19.9. The number of hydrogen-bond donors (Lipinski definition) is 6. The van der Waals surface area contributed by atoms with E-state index in [0.717, 1.165) is 43.2 Å². The first-order valence-corrected chi connectivity index (χ1v) is 19.9. The second-order valence-electron chi connectivity index (χ2n) is 16.4. The van der Waals surface area contributed by atoms with Crippen LogP contribution >= 0.6 is 0 Å². The van der Waals surface area contributed by atoms with E-state index in [9.17, 15) is 24.3 Å². The molecule has 55 heavy (non-hydrogen) atoms. The van der Waals surface area contributed by atoms with Gasteiger partial charge in [-0.3, -0.25) is 14.4 Å². The molecule has 4 amide bonds. The summed E-state index contributed by atoms with van der Waals surface area (Å²) < 4.78 is 5.48.